The van der Waals surface area contributed by atoms with Crippen LogP contribution in [0.4, 0.5) is 27.5 Å². The molecule has 4 amide bonds. The molecular formula is C71H70Cl2N4O16P+. The van der Waals surface area contributed by atoms with Crippen LogP contribution >= 0.6 is 31.5 Å². The Morgan fingerprint density at radius 2 is 0.957 bits per heavy atom. The molecule has 0 radical (unpaired) electrons. The second-order valence-electron chi connectivity index (χ2n) is 21.2. The number of carbonyl (C=O) groups excluding carboxylic acids is 7. The summed E-state index contributed by atoms with van der Waals surface area (Å²) < 4.78 is 40.5. The summed E-state index contributed by atoms with van der Waals surface area (Å²) in [5.41, 5.74) is 9.07. The Hall–Kier alpha value is -9.95. The van der Waals surface area contributed by atoms with E-state index in [0.29, 0.717) is 122 Å². The number of carbonyl (C=O) groups is 7. The first-order valence-electron chi connectivity index (χ1n) is 29.6. The van der Waals surface area contributed by atoms with Crippen LogP contribution in [0.15, 0.2) is 182 Å². The summed E-state index contributed by atoms with van der Waals surface area (Å²) in [5.74, 6) is -1.06. The highest BCUT2D eigenvalue weighted by atomic mass is 35.5. The van der Waals surface area contributed by atoms with Gasteiger partial charge in [-0.25, -0.2) is 23.4 Å². The van der Waals surface area contributed by atoms with Gasteiger partial charge in [0.1, 0.15) is 12.7 Å². The zero-order valence-corrected chi connectivity index (χ0v) is 54.7. The topological polar surface area (TPSA) is 263 Å². The molecular weight excluding hydrogens is 1270 g/mol. The van der Waals surface area contributed by atoms with Crippen LogP contribution in [0, 0.1) is 27.7 Å². The first kappa shape index (κ1) is 71.5. The summed E-state index contributed by atoms with van der Waals surface area (Å²) in [6.07, 6.45) is -0.231. The molecule has 2 heterocycles. The second kappa shape index (κ2) is 35.2. The molecule has 0 saturated carbocycles. The van der Waals surface area contributed by atoms with Gasteiger partial charge in [-0.3, -0.25) is 19.2 Å². The zero-order valence-electron chi connectivity index (χ0n) is 52.3. The Kier molecular flexibility index (Phi) is 26.8. The molecule has 8 aromatic rings. The minimum absolute atomic E-state index is 0.142. The van der Waals surface area contributed by atoms with Crippen LogP contribution in [0.5, 0.6) is 11.5 Å². The van der Waals surface area contributed by atoms with E-state index >= 15 is 0 Å². The van der Waals surface area contributed by atoms with Crippen LogP contribution < -0.4 is 29.5 Å². The van der Waals surface area contributed by atoms with Crippen LogP contribution in [0.2, 0.25) is 10.0 Å². The molecule has 23 heteroatoms. The maximum atomic E-state index is 13.8. The Bertz CT molecular complexity index is 3960. The number of aryl methyl sites for hydroxylation is 4. The predicted octanol–water partition coefficient (Wildman–Crippen LogP) is 14.7. The van der Waals surface area contributed by atoms with E-state index in [9.17, 15) is 43.2 Å². The maximum absolute atomic E-state index is 13.8. The molecule has 0 saturated heterocycles. The molecule has 2 atom stereocenters. The van der Waals surface area contributed by atoms with E-state index in [2.05, 4.69) is 20.1 Å². The summed E-state index contributed by atoms with van der Waals surface area (Å²) in [7, 11) is 0.221. The highest BCUT2D eigenvalue weighted by molar-refractivity contribution is 7.34. The average molecular weight is 1340 g/mol. The molecule has 8 aromatic carbocycles. The van der Waals surface area contributed by atoms with E-state index in [4.69, 9.17) is 46.8 Å². The summed E-state index contributed by atoms with van der Waals surface area (Å²) >= 11 is 12.4. The highest BCUT2D eigenvalue weighted by Crippen LogP contribution is 2.40. The van der Waals surface area contributed by atoms with E-state index in [0.717, 1.165) is 16.7 Å². The van der Waals surface area contributed by atoms with E-state index in [1.807, 2.05) is 69.3 Å². The molecule has 2 aliphatic rings. The molecule has 0 spiro atoms. The first-order chi connectivity index (χ1) is 45.2. The molecule has 94 heavy (non-hydrogen) atoms. The fourth-order valence-electron chi connectivity index (χ4n) is 9.89. The molecule has 0 bridgehead atoms. The van der Waals surface area contributed by atoms with Gasteiger partial charge in [-0.15, -0.1) is 0 Å². The summed E-state index contributed by atoms with van der Waals surface area (Å²) in [6, 6.07) is 53.2. The van der Waals surface area contributed by atoms with Gasteiger partial charge in [-0.1, -0.05) is 96.0 Å². The van der Waals surface area contributed by atoms with E-state index in [1.165, 1.54) is 14.2 Å². The van der Waals surface area contributed by atoms with Crippen LogP contribution in [0.3, 0.4) is 0 Å². The van der Waals surface area contributed by atoms with Gasteiger partial charge in [0.15, 0.2) is 18.1 Å². The van der Waals surface area contributed by atoms with Crippen molar-refractivity contribution in [2.75, 3.05) is 61.0 Å². The minimum atomic E-state index is -2.18. The van der Waals surface area contributed by atoms with Crippen molar-refractivity contribution in [1.29, 1.82) is 0 Å². The minimum Gasteiger partial charge on any atom is -0.467 e. The number of ether oxygens (including phenoxy) is 4. The van der Waals surface area contributed by atoms with Crippen LogP contribution in [-0.2, 0) is 33.1 Å². The lowest BCUT2D eigenvalue weighted by Gasteiger charge is -2.25. The quantitative estimate of drug-likeness (QED) is 0.0448. The molecule has 0 aromatic heterocycles. The first-order valence-corrected chi connectivity index (χ1v) is 31.4. The monoisotopic (exact) mass is 1340 g/mol. The van der Waals surface area contributed by atoms with Crippen molar-refractivity contribution in [2.24, 2.45) is 0 Å². The van der Waals surface area contributed by atoms with Gasteiger partial charge in [0, 0.05) is 78.1 Å². The number of rotatable bonds is 14. The lowest BCUT2D eigenvalue weighted by Crippen LogP contribution is -2.32. The Morgan fingerprint density at radius 3 is 1.39 bits per heavy atom. The molecule has 2 unspecified atom stereocenters. The number of amides is 4. The Labute approximate surface area is 555 Å². The predicted molar refractivity (Wildman–Crippen MR) is 358 cm³/mol. The number of para-hydroxylation sites is 2. The fourth-order valence-corrected chi connectivity index (χ4v) is 10.9. The molecule has 0 fully saturated rings. The lowest BCUT2D eigenvalue weighted by molar-refractivity contribution is -0.145. The number of benzene rings is 8. The molecule has 488 valence electrons. The number of methoxy groups -OCH3 is 2. The summed E-state index contributed by atoms with van der Waals surface area (Å²) in [4.78, 5) is 89.2. The molecule has 2 aliphatic heterocycles. The number of nitrogens with zero attached hydrogens (tertiary/aromatic N) is 2. The van der Waals surface area contributed by atoms with E-state index in [-0.39, 0.29) is 23.6 Å². The largest absolute Gasteiger partial charge is 0.805 e. The Balaban J connectivity index is 0.000000204. The number of aliphatic hydroxyl groups is 2. The number of hydrogen-bond donors (Lipinski definition) is 4. The standard InChI is InChI=1S/C30H29ClN2O7.C26H25ClN2O3.C12H10O3P.C3H6O3/c1-18-7-4-5-8-22(18)28(35)32-21-11-12-23(19(2)15-21)29(36)33-14-6-9-26(24-16-20(31)10-13-25(24)33)40-30(37)39-17-27(34)38-3;1-16-6-3-4-7-20(16)25(31)28-19-10-11-21(17(2)14-19)26(32)29-13-5-8-24(30)22-15-18(27)9-12-23(22)29;13-16(14-11-7-3-1-4-8-11)15-12-9-5-2-6-10-12;1-6-3(5)2-4/h4-5,7-8,10-13,15-16,26H,6,9,14,17H2,1-3H3,(H,32,35);3-4,6-7,9-12,14-15,24,30H,5,8,13H2,1-2H3,(H,28,31);1-10H;4H,2H2,1H3/q;;+1;. The van der Waals surface area contributed by atoms with Crippen molar-refractivity contribution >= 4 is 95.9 Å². The van der Waals surface area contributed by atoms with Gasteiger partial charge >= 0.3 is 26.3 Å². The molecule has 10 rings (SSSR count). The van der Waals surface area contributed by atoms with Crippen molar-refractivity contribution in [2.45, 2.75) is 65.6 Å². The lowest BCUT2D eigenvalue weighted by atomic mass is 10.0. The van der Waals surface area contributed by atoms with Gasteiger partial charge in [0.25, 0.3) is 23.6 Å². The normalized spacial score (nSPS) is 13.6. The second-order valence-corrected chi connectivity index (χ2v) is 22.9. The van der Waals surface area contributed by atoms with Gasteiger partial charge in [0.05, 0.1) is 26.0 Å². The SMILES string of the molecule is COC(=O)CO.COC(=O)COC(=O)OC1CCCN(C(=O)c2ccc(NC(=O)c3ccccc3C)cc2C)c2ccc(Cl)cc21.Cc1ccccc1C(=O)Nc1ccc(C(=O)N2CCCC(O)c3cc(Cl)ccc32)c(C)c1.O=[P+](Oc1ccccc1)Oc1ccccc1. The number of esters is 2. The van der Waals surface area contributed by atoms with Crippen LogP contribution in [-0.4, -0.2) is 92.5 Å². The van der Waals surface area contributed by atoms with Crippen molar-refractivity contribution in [3.63, 3.8) is 0 Å². The Morgan fingerprint density at radius 1 is 0.521 bits per heavy atom. The van der Waals surface area contributed by atoms with Crippen molar-refractivity contribution in [1.82, 2.24) is 0 Å². The number of halogens is 2. The van der Waals surface area contributed by atoms with Gasteiger partial charge < -0.3 is 49.6 Å². The number of fused-ring (bicyclic) bond motifs is 2. The number of anilines is 4. The molecule has 0 aliphatic carbocycles. The van der Waals surface area contributed by atoms with Crippen LogP contribution in [0.1, 0.15) is 113 Å². The number of hydrogen-bond acceptors (Lipinski definition) is 16. The van der Waals surface area contributed by atoms with E-state index in [1.54, 1.807) is 150 Å². The number of nitrogens with one attached hydrogen (secondary N) is 2. The third-order valence-corrected chi connectivity index (χ3v) is 15.8. The summed E-state index contributed by atoms with van der Waals surface area (Å²) in [5, 5.41) is 25.1. The number of aliphatic hydroxyl groups excluding tert-OH is 2. The van der Waals surface area contributed by atoms with Gasteiger partial charge in [-0.05, 0) is 185 Å². The smallest absolute Gasteiger partial charge is 0.467 e. The molecule has 4 N–H and O–H groups in total. The highest BCUT2D eigenvalue weighted by Gasteiger charge is 2.32. The van der Waals surface area contributed by atoms with Crippen molar-refractivity contribution in [3.05, 3.63) is 248 Å². The average Bonchev–Trinajstić information content (AvgIpc) is 1.46. The van der Waals surface area contributed by atoms with Crippen molar-refractivity contribution in [3.8, 4) is 11.5 Å². The zero-order chi connectivity index (χ0) is 67.8. The van der Waals surface area contributed by atoms with Gasteiger partial charge in [-0.2, -0.15) is 0 Å². The van der Waals surface area contributed by atoms with Crippen LogP contribution in [0.25, 0.3) is 0 Å². The third-order valence-electron chi connectivity index (χ3n) is 14.7. The van der Waals surface area contributed by atoms with Crippen molar-refractivity contribution < 1.29 is 76.3 Å². The molecule has 20 nitrogen and oxygen atoms in total. The summed E-state index contributed by atoms with van der Waals surface area (Å²) in [6.45, 7) is 7.20. The maximum Gasteiger partial charge on any atom is 0.805 e. The fraction of sp³-hybridized carbons (Fsp3) is 0.225. The van der Waals surface area contributed by atoms with Gasteiger partial charge in [0.2, 0.25) is 0 Å². The third kappa shape index (κ3) is 20.3. The van der Waals surface area contributed by atoms with E-state index < -0.39 is 51.8 Å².